The Hall–Kier alpha value is -1.84. The first-order valence-electron chi connectivity index (χ1n) is 8.07. The predicted octanol–water partition coefficient (Wildman–Crippen LogP) is 0.725. The molecule has 0 bridgehead atoms. The number of aliphatic hydroxyl groups excluding tert-OH is 4. The van der Waals surface area contributed by atoms with Crippen molar-refractivity contribution in [3.8, 4) is 17.6 Å². The third-order valence-electron chi connectivity index (χ3n) is 3.93. The molecule has 1 aliphatic carbocycles. The monoisotopic (exact) mass is 332 g/mol. The first-order chi connectivity index (χ1) is 11.5. The largest absolute Gasteiger partial charge is 0.491 e. The van der Waals surface area contributed by atoms with Gasteiger partial charge in [-0.1, -0.05) is 42.2 Å². The van der Waals surface area contributed by atoms with Gasteiger partial charge in [-0.2, -0.15) is 0 Å². The van der Waals surface area contributed by atoms with Gasteiger partial charge in [-0.15, -0.1) is 0 Å². The van der Waals surface area contributed by atoms with E-state index in [0.29, 0.717) is 5.75 Å². The van der Waals surface area contributed by atoms with Crippen molar-refractivity contribution in [2.75, 3.05) is 6.61 Å². The molecule has 1 aromatic rings. The van der Waals surface area contributed by atoms with Gasteiger partial charge in [0.05, 0.1) is 18.1 Å². The highest BCUT2D eigenvalue weighted by molar-refractivity contribution is 5.21. The molecule has 5 nitrogen and oxygen atoms in total. The van der Waals surface area contributed by atoms with Crippen molar-refractivity contribution in [3.63, 3.8) is 0 Å². The van der Waals surface area contributed by atoms with Crippen LogP contribution in [-0.4, -0.2) is 51.4 Å². The zero-order chi connectivity index (χ0) is 17.5. The van der Waals surface area contributed by atoms with Crippen molar-refractivity contribution in [3.05, 3.63) is 42.5 Å². The van der Waals surface area contributed by atoms with E-state index in [1.54, 1.807) is 31.2 Å². The first-order valence-corrected chi connectivity index (χ1v) is 8.07. The normalized spacial score (nSPS) is 29.0. The molecular formula is C19H24O5. The number of hydrogen-bond acceptors (Lipinski definition) is 5. The van der Waals surface area contributed by atoms with E-state index in [1.165, 1.54) is 0 Å². The minimum Gasteiger partial charge on any atom is -0.491 e. The van der Waals surface area contributed by atoms with Gasteiger partial charge in [0, 0.05) is 12.3 Å². The summed E-state index contributed by atoms with van der Waals surface area (Å²) in [7, 11) is 0. The summed E-state index contributed by atoms with van der Waals surface area (Å²) in [6.07, 6.45) is 0.341. The molecule has 24 heavy (non-hydrogen) atoms. The van der Waals surface area contributed by atoms with E-state index in [0.717, 1.165) is 0 Å². The summed E-state index contributed by atoms with van der Waals surface area (Å²) < 4.78 is 5.46. The van der Waals surface area contributed by atoms with Crippen LogP contribution in [0.25, 0.3) is 0 Å². The van der Waals surface area contributed by atoms with E-state index in [1.807, 2.05) is 18.2 Å². The molecule has 1 aliphatic rings. The van der Waals surface area contributed by atoms with Crippen LogP contribution in [0.1, 0.15) is 13.3 Å². The fourth-order valence-corrected chi connectivity index (χ4v) is 2.71. The zero-order valence-electron chi connectivity index (χ0n) is 13.6. The molecule has 130 valence electrons. The maximum absolute atomic E-state index is 10.1. The van der Waals surface area contributed by atoms with E-state index in [2.05, 4.69) is 11.8 Å². The Morgan fingerprint density at radius 2 is 1.92 bits per heavy atom. The molecule has 0 radical (unpaired) electrons. The van der Waals surface area contributed by atoms with Crippen LogP contribution in [0.2, 0.25) is 0 Å². The van der Waals surface area contributed by atoms with Crippen LogP contribution in [0.5, 0.6) is 5.75 Å². The van der Waals surface area contributed by atoms with Crippen LogP contribution in [0.4, 0.5) is 0 Å². The van der Waals surface area contributed by atoms with Crippen LogP contribution >= 0.6 is 0 Å². The van der Waals surface area contributed by atoms with Crippen LogP contribution in [0.15, 0.2) is 42.5 Å². The number of rotatable bonds is 5. The summed E-state index contributed by atoms with van der Waals surface area (Å²) in [5, 5.41) is 39.3. The lowest BCUT2D eigenvalue weighted by molar-refractivity contribution is 0.126. The Labute approximate surface area is 142 Å². The van der Waals surface area contributed by atoms with Gasteiger partial charge < -0.3 is 25.2 Å². The van der Waals surface area contributed by atoms with Gasteiger partial charge in [0.25, 0.3) is 0 Å². The lowest BCUT2D eigenvalue weighted by Gasteiger charge is -2.16. The van der Waals surface area contributed by atoms with Crippen LogP contribution < -0.4 is 4.74 Å². The molecule has 0 aliphatic heterocycles. The topological polar surface area (TPSA) is 90.2 Å². The molecule has 4 N–H and O–H groups in total. The lowest BCUT2D eigenvalue weighted by Crippen LogP contribution is -2.21. The smallest absolute Gasteiger partial charge is 0.119 e. The average molecular weight is 332 g/mol. The predicted molar refractivity (Wildman–Crippen MR) is 90.2 cm³/mol. The summed E-state index contributed by atoms with van der Waals surface area (Å²) >= 11 is 0. The second-order valence-corrected chi connectivity index (χ2v) is 6.01. The Balaban J connectivity index is 1.94. The molecule has 6 atom stereocenters. The number of hydrogen-bond donors (Lipinski definition) is 4. The van der Waals surface area contributed by atoms with E-state index in [9.17, 15) is 20.4 Å². The maximum Gasteiger partial charge on any atom is 0.119 e. The highest BCUT2D eigenvalue weighted by Crippen LogP contribution is 2.33. The van der Waals surface area contributed by atoms with Gasteiger partial charge in [0.1, 0.15) is 24.6 Å². The summed E-state index contributed by atoms with van der Waals surface area (Å²) in [5.41, 5.74) is 0. The number of ether oxygens (including phenoxy) is 1. The Morgan fingerprint density at radius 1 is 1.21 bits per heavy atom. The van der Waals surface area contributed by atoms with Gasteiger partial charge in [0.15, 0.2) is 0 Å². The summed E-state index contributed by atoms with van der Waals surface area (Å²) in [5.74, 6) is 5.25. The molecule has 1 fully saturated rings. The fourth-order valence-electron chi connectivity index (χ4n) is 2.71. The maximum atomic E-state index is 10.1. The molecule has 6 unspecified atom stereocenters. The highest BCUT2D eigenvalue weighted by atomic mass is 16.5. The second-order valence-electron chi connectivity index (χ2n) is 6.01. The Bertz CT molecular complexity index is 587. The molecule has 5 heteroatoms. The van der Waals surface area contributed by atoms with E-state index >= 15 is 0 Å². The van der Waals surface area contributed by atoms with Crippen molar-refractivity contribution >= 4 is 0 Å². The average Bonchev–Trinajstić information content (AvgIpc) is 2.83. The molecule has 2 rings (SSSR count). The zero-order valence-corrected chi connectivity index (χ0v) is 13.6. The lowest BCUT2D eigenvalue weighted by atomic mass is 9.93. The molecule has 0 saturated heterocycles. The molecule has 1 saturated carbocycles. The third kappa shape index (κ3) is 5.36. The van der Waals surface area contributed by atoms with E-state index in [-0.39, 0.29) is 13.0 Å². The minimum atomic E-state index is -0.833. The fraction of sp³-hybridized carbons (Fsp3) is 0.474. The van der Waals surface area contributed by atoms with Gasteiger partial charge in [-0.3, -0.25) is 0 Å². The highest BCUT2D eigenvalue weighted by Gasteiger charge is 2.39. The molecule has 0 heterocycles. The first kappa shape index (κ1) is 18.5. The number of benzene rings is 1. The minimum absolute atomic E-state index is 0.0932. The molecule has 0 aromatic heterocycles. The van der Waals surface area contributed by atoms with Gasteiger partial charge in [0.2, 0.25) is 0 Å². The van der Waals surface area contributed by atoms with Crippen molar-refractivity contribution in [2.24, 2.45) is 11.8 Å². The molecule has 1 aromatic carbocycles. The summed E-state index contributed by atoms with van der Waals surface area (Å²) in [6, 6.07) is 9.17. The van der Waals surface area contributed by atoms with Crippen LogP contribution in [0.3, 0.4) is 0 Å². The van der Waals surface area contributed by atoms with Crippen molar-refractivity contribution in [1.82, 2.24) is 0 Å². The Kier molecular flexibility index (Phi) is 6.83. The molecule has 0 spiro atoms. The van der Waals surface area contributed by atoms with Crippen molar-refractivity contribution in [2.45, 2.75) is 37.8 Å². The quantitative estimate of drug-likeness (QED) is 0.471. The van der Waals surface area contributed by atoms with Crippen LogP contribution in [0, 0.1) is 23.7 Å². The third-order valence-corrected chi connectivity index (χ3v) is 3.93. The van der Waals surface area contributed by atoms with Gasteiger partial charge >= 0.3 is 0 Å². The second kappa shape index (κ2) is 8.86. The van der Waals surface area contributed by atoms with E-state index in [4.69, 9.17) is 4.74 Å². The molecule has 0 amide bonds. The standard InChI is InChI=1S/C19H24O5/c1-13(20)7-9-16-17(19(23)11-18(16)22)10-8-14(21)12-24-15-5-3-2-4-6-15/h2-6,8,10,13-14,16-23H,11-12H2,1H3. The van der Waals surface area contributed by atoms with Crippen LogP contribution in [-0.2, 0) is 0 Å². The summed E-state index contributed by atoms with van der Waals surface area (Å²) in [4.78, 5) is 0. The molecular weight excluding hydrogens is 308 g/mol. The number of aliphatic hydroxyl groups is 4. The number of para-hydroxylation sites is 1. The van der Waals surface area contributed by atoms with Gasteiger partial charge in [-0.05, 0) is 19.1 Å². The van der Waals surface area contributed by atoms with Gasteiger partial charge in [-0.25, -0.2) is 0 Å². The van der Waals surface area contributed by atoms with Crippen molar-refractivity contribution in [1.29, 1.82) is 0 Å². The van der Waals surface area contributed by atoms with Crippen molar-refractivity contribution < 1.29 is 25.2 Å². The SMILES string of the molecule is CC(O)C#CC1C(O)CC(O)C1C=CC(O)COc1ccccc1. The van der Waals surface area contributed by atoms with E-state index < -0.39 is 36.3 Å². The summed E-state index contributed by atoms with van der Waals surface area (Å²) in [6.45, 7) is 1.64. The Morgan fingerprint density at radius 3 is 2.58 bits per heavy atom.